The summed E-state index contributed by atoms with van der Waals surface area (Å²) in [4.78, 5) is 23.8. The van der Waals surface area contributed by atoms with Crippen LogP contribution in [0.4, 0.5) is 5.69 Å². The van der Waals surface area contributed by atoms with Crippen molar-refractivity contribution in [1.29, 1.82) is 0 Å². The van der Waals surface area contributed by atoms with Gasteiger partial charge in [-0.15, -0.1) is 11.8 Å². The van der Waals surface area contributed by atoms with Gasteiger partial charge >= 0.3 is 0 Å². The van der Waals surface area contributed by atoms with Crippen molar-refractivity contribution < 1.29 is 14.0 Å². The number of furan rings is 1. The minimum absolute atomic E-state index is 0.416. The van der Waals surface area contributed by atoms with Gasteiger partial charge in [-0.3, -0.25) is 9.59 Å². The van der Waals surface area contributed by atoms with Crippen LogP contribution in [0.15, 0.2) is 44.3 Å². The van der Waals surface area contributed by atoms with Crippen molar-refractivity contribution in [2.75, 3.05) is 5.32 Å². The molecule has 1 N–H and O–H groups in total. The maximum atomic E-state index is 11.6. The fourth-order valence-electron chi connectivity index (χ4n) is 1.80. The molecular formula is C13H8BrNO3S. The third-order valence-corrected chi connectivity index (χ3v) is 4.72. The lowest BCUT2D eigenvalue weighted by molar-refractivity contribution is -0.112. The zero-order valence-electron chi connectivity index (χ0n) is 9.60. The van der Waals surface area contributed by atoms with Gasteiger partial charge < -0.3 is 9.73 Å². The Bertz CT molecular complexity index is 667. The molecule has 2 heterocycles. The smallest absolute Gasteiger partial charge is 0.296 e. The molecule has 4 nitrogen and oxygen atoms in total. The molecule has 96 valence electrons. The summed E-state index contributed by atoms with van der Waals surface area (Å²) in [6.45, 7) is 0. The molecule has 0 bridgehead atoms. The second-order valence-corrected chi connectivity index (χ2v) is 5.85. The summed E-state index contributed by atoms with van der Waals surface area (Å²) in [5.41, 5.74) is 0.986. The van der Waals surface area contributed by atoms with Crippen LogP contribution in [0.1, 0.15) is 16.1 Å². The number of thioether (sulfide) groups is 1. The maximum absolute atomic E-state index is 11.6. The zero-order valence-corrected chi connectivity index (χ0v) is 12.0. The van der Waals surface area contributed by atoms with Gasteiger partial charge in [-0.25, -0.2) is 0 Å². The lowest BCUT2D eigenvalue weighted by Crippen LogP contribution is -2.12. The Morgan fingerprint density at radius 3 is 2.89 bits per heavy atom. The largest absolute Gasteiger partial charge is 0.468 e. The fourth-order valence-corrected chi connectivity index (χ4v) is 3.35. The minimum atomic E-state index is -0.574. The molecule has 1 aromatic carbocycles. The first kappa shape index (κ1) is 12.5. The van der Waals surface area contributed by atoms with Gasteiger partial charge in [0, 0.05) is 9.37 Å². The molecule has 0 aliphatic carbocycles. The van der Waals surface area contributed by atoms with Crippen LogP contribution in [0.5, 0.6) is 0 Å². The number of benzene rings is 1. The molecule has 0 fully saturated rings. The van der Waals surface area contributed by atoms with E-state index in [0.29, 0.717) is 17.0 Å². The average Bonchev–Trinajstić information content (AvgIpc) is 2.98. The summed E-state index contributed by atoms with van der Waals surface area (Å²) in [7, 11) is 0. The molecule has 1 aromatic heterocycles. The molecular weight excluding hydrogens is 330 g/mol. The van der Waals surface area contributed by atoms with Crippen LogP contribution < -0.4 is 5.32 Å². The summed E-state index contributed by atoms with van der Waals surface area (Å²) in [5, 5.41) is 2.56. The van der Waals surface area contributed by atoms with Gasteiger partial charge in [-0.1, -0.05) is 0 Å². The van der Waals surface area contributed by atoms with Crippen LogP contribution in [-0.4, -0.2) is 11.7 Å². The normalized spacial score (nSPS) is 13.5. The first-order valence-corrected chi connectivity index (χ1v) is 7.27. The van der Waals surface area contributed by atoms with E-state index in [1.165, 1.54) is 0 Å². The third kappa shape index (κ3) is 2.33. The Morgan fingerprint density at radius 2 is 2.16 bits per heavy atom. The molecule has 0 unspecified atom stereocenters. The molecule has 2 aromatic rings. The Labute approximate surface area is 121 Å². The van der Waals surface area contributed by atoms with Gasteiger partial charge in [0.2, 0.25) is 0 Å². The van der Waals surface area contributed by atoms with E-state index < -0.39 is 11.7 Å². The maximum Gasteiger partial charge on any atom is 0.296 e. The molecule has 0 radical (unpaired) electrons. The molecule has 1 amide bonds. The van der Waals surface area contributed by atoms with Crippen LogP contribution in [0.3, 0.4) is 0 Å². The first-order valence-electron chi connectivity index (χ1n) is 5.49. The van der Waals surface area contributed by atoms with E-state index in [4.69, 9.17) is 4.42 Å². The van der Waals surface area contributed by atoms with Crippen molar-refractivity contribution in [1.82, 2.24) is 0 Å². The van der Waals surface area contributed by atoms with E-state index in [0.717, 1.165) is 15.1 Å². The lowest BCUT2D eigenvalue weighted by atomic mass is 10.1. The first-order chi connectivity index (χ1) is 9.15. The number of carbonyl (C=O) groups is 2. The number of carbonyl (C=O) groups excluding carboxylic acids is 2. The number of anilines is 1. The summed E-state index contributed by atoms with van der Waals surface area (Å²) in [6.07, 6.45) is 1.63. The van der Waals surface area contributed by atoms with Crippen LogP contribution in [0.2, 0.25) is 0 Å². The predicted molar refractivity (Wildman–Crippen MR) is 75.4 cm³/mol. The summed E-state index contributed by atoms with van der Waals surface area (Å²) in [5.74, 6) is 0.498. The van der Waals surface area contributed by atoms with Crippen LogP contribution in [-0.2, 0) is 10.5 Å². The Balaban J connectivity index is 1.86. The molecule has 6 heteroatoms. The second-order valence-electron chi connectivity index (χ2n) is 3.98. The molecule has 0 saturated carbocycles. The van der Waals surface area contributed by atoms with Crippen molar-refractivity contribution >= 4 is 45.1 Å². The van der Waals surface area contributed by atoms with E-state index in [2.05, 4.69) is 21.2 Å². The Morgan fingerprint density at radius 1 is 1.32 bits per heavy atom. The number of hydrogen-bond donors (Lipinski definition) is 1. The van der Waals surface area contributed by atoms with Crippen LogP contribution in [0.25, 0.3) is 0 Å². The quantitative estimate of drug-likeness (QED) is 0.688. The van der Waals surface area contributed by atoms with Gasteiger partial charge in [0.15, 0.2) is 0 Å². The van der Waals surface area contributed by atoms with Crippen molar-refractivity contribution in [2.24, 2.45) is 0 Å². The summed E-state index contributed by atoms with van der Waals surface area (Å²) < 4.78 is 6.06. The molecule has 1 aliphatic heterocycles. The van der Waals surface area contributed by atoms with E-state index >= 15 is 0 Å². The zero-order chi connectivity index (χ0) is 13.4. The fraction of sp³-hybridized carbons (Fsp3) is 0.0769. The summed E-state index contributed by atoms with van der Waals surface area (Å²) >= 11 is 4.99. The number of fused-ring (bicyclic) bond motifs is 1. The molecule has 3 rings (SSSR count). The monoisotopic (exact) mass is 337 g/mol. The molecule has 1 aliphatic rings. The molecule has 0 saturated heterocycles. The van der Waals surface area contributed by atoms with Gasteiger partial charge in [0.25, 0.3) is 11.7 Å². The topological polar surface area (TPSA) is 59.3 Å². The van der Waals surface area contributed by atoms with Crippen molar-refractivity contribution in [3.8, 4) is 0 Å². The van der Waals surface area contributed by atoms with Gasteiger partial charge in [-0.2, -0.15) is 0 Å². The number of rotatable bonds is 3. The van der Waals surface area contributed by atoms with Crippen molar-refractivity contribution in [3.05, 3.63) is 46.3 Å². The summed E-state index contributed by atoms with van der Waals surface area (Å²) in [6, 6.07) is 7.22. The number of halogens is 1. The molecule has 19 heavy (non-hydrogen) atoms. The van der Waals surface area contributed by atoms with E-state index in [1.54, 1.807) is 30.2 Å². The van der Waals surface area contributed by atoms with E-state index in [9.17, 15) is 9.59 Å². The molecule has 0 atom stereocenters. The highest BCUT2D eigenvalue weighted by Crippen LogP contribution is 2.36. The van der Waals surface area contributed by atoms with E-state index in [-0.39, 0.29) is 0 Å². The SMILES string of the molecule is O=C1Nc2cc(SCc3ccco3)c(Br)cc2C1=O. The Hall–Kier alpha value is -1.53. The van der Waals surface area contributed by atoms with Gasteiger partial charge in [0.1, 0.15) is 5.76 Å². The number of hydrogen-bond acceptors (Lipinski definition) is 4. The average molecular weight is 338 g/mol. The lowest BCUT2D eigenvalue weighted by Gasteiger charge is -2.06. The predicted octanol–water partition coefficient (Wildman–Crippen LogP) is 3.47. The second kappa shape index (κ2) is 4.86. The van der Waals surface area contributed by atoms with Crippen LogP contribution >= 0.6 is 27.7 Å². The van der Waals surface area contributed by atoms with Crippen molar-refractivity contribution in [3.63, 3.8) is 0 Å². The van der Waals surface area contributed by atoms with Crippen molar-refractivity contribution in [2.45, 2.75) is 10.6 Å². The molecule has 0 spiro atoms. The number of ketones is 1. The number of amides is 1. The standard InChI is InChI=1S/C13H8BrNO3S/c14-9-4-8-10(15-13(17)12(8)16)5-11(9)19-6-7-2-1-3-18-7/h1-5H,6H2,(H,15,16,17). The number of Topliss-reactive ketones (excluding diaryl/α,β-unsaturated/α-hetero) is 1. The van der Waals surface area contributed by atoms with Gasteiger partial charge in [0.05, 0.1) is 23.3 Å². The highest BCUT2D eigenvalue weighted by molar-refractivity contribution is 9.10. The third-order valence-electron chi connectivity index (χ3n) is 2.72. The Kier molecular flexibility index (Phi) is 3.20. The minimum Gasteiger partial charge on any atom is -0.468 e. The highest BCUT2D eigenvalue weighted by Gasteiger charge is 2.28. The van der Waals surface area contributed by atoms with Crippen LogP contribution in [0, 0.1) is 0 Å². The van der Waals surface area contributed by atoms with E-state index in [1.807, 2.05) is 12.1 Å². The number of nitrogens with one attached hydrogen (secondary N) is 1. The van der Waals surface area contributed by atoms with Gasteiger partial charge in [-0.05, 0) is 40.2 Å². The highest BCUT2D eigenvalue weighted by atomic mass is 79.9.